The zero-order valence-corrected chi connectivity index (χ0v) is 11.9. The molecular formula is C13H18BrNO2. The quantitative estimate of drug-likeness (QED) is 0.840. The topological polar surface area (TPSA) is 49.3 Å². The van der Waals surface area contributed by atoms with Crippen molar-refractivity contribution in [1.82, 2.24) is 5.32 Å². The number of phenolic OH excluding ortho intramolecular Hbond substituents is 1. The molecule has 2 N–H and O–H groups in total. The Labute approximate surface area is 110 Å². The minimum absolute atomic E-state index is 0.103. The normalized spacial score (nSPS) is 14.1. The molecule has 1 rings (SSSR count). The van der Waals surface area contributed by atoms with E-state index in [1.54, 1.807) is 25.1 Å². The Bertz CT molecular complexity index is 406. The molecule has 94 valence electrons. The SMILES string of the molecule is Cc1cc(C(=O)NC(C)C(C)CBr)ccc1O. The molecule has 1 aromatic carbocycles. The van der Waals surface area contributed by atoms with E-state index in [9.17, 15) is 9.90 Å². The Morgan fingerprint density at radius 3 is 2.65 bits per heavy atom. The highest BCUT2D eigenvalue weighted by molar-refractivity contribution is 9.09. The number of aryl methyl sites for hydroxylation is 1. The molecule has 0 aliphatic heterocycles. The summed E-state index contributed by atoms with van der Waals surface area (Å²) in [5.74, 6) is 0.481. The summed E-state index contributed by atoms with van der Waals surface area (Å²) < 4.78 is 0. The van der Waals surface area contributed by atoms with Crippen molar-refractivity contribution in [1.29, 1.82) is 0 Å². The number of carbonyl (C=O) groups is 1. The molecule has 2 unspecified atom stereocenters. The number of aromatic hydroxyl groups is 1. The van der Waals surface area contributed by atoms with E-state index in [4.69, 9.17) is 0 Å². The lowest BCUT2D eigenvalue weighted by Gasteiger charge is -2.19. The van der Waals surface area contributed by atoms with E-state index in [2.05, 4.69) is 28.2 Å². The first-order valence-corrected chi connectivity index (χ1v) is 6.74. The predicted molar refractivity (Wildman–Crippen MR) is 72.7 cm³/mol. The highest BCUT2D eigenvalue weighted by atomic mass is 79.9. The lowest BCUT2D eigenvalue weighted by molar-refractivity contribution is 0.0931. The van der Waals surface area contributed by atoms with Crippen molar-refractivity contribution in [3.63, 3.8) is 0 Å². The number of rotatable bonds is 4. The number of amides is 1. The van der Waals surface area contributed by atoms with E-state index in [0.29, 0.717) is 17.0 Å². The molecule has 1 amide bonds. The van der Waals surface area contributed by atoms with Gasteiger partial charge in [0.05, 0.1) is 0 Å². The summed E-state index contributed by atoms with van der Waals surface area (Å²) in [6.07, 6.45) is 0. The smallest absolute Gasteiger partial charge is 0.251 e. The van der Waals surface area contributed by atoms with Gasteiger partial charge in [-0.3, -0.25) is 4.79 Å². The first-order chi connectivity index (χ1) is 7.95. The highest BCUT2D eigenvalue weighted by Gasteiger charge is 2.15. The van der Waals surface area contributed by atoms with E-state index in [1.807, 2.05) is 6.92 Å². The average molecular weight is 300 g/mol. The van der Waals surface area contributed by atoms with Crippen molar-refractivity contribution in [2.24, 2.45) is 5.92 Å². The summed E-state index contributed by atoms with van der Waals surface area (Å²) in [5.41, 5.74) is 1.28. The van der Waals surface area contributed by atoms with Crippen LogP contribution in [0.15, 0.2) is 18.2 Å². The number of nitrogens with one attached hydrogen (secondary N) is 1. The van der Waals surface area contributed by atoms with Crippen LogP contribution in [0.2, 0.25) is 0 Å². The molecule has 0 bridgehead atoms. The van der Waals surface area contributed by atoms with Crippen molar-refractivity contribution in [2.75, 3.05) is 5.33 Å². The van der Waals surface area contributed by atoms with Gasteiger partial charge in [0.25, 0.3) is 5.91 Å². The maximum atomic E-state index is 11.9. The summed E-state index contributed by atoms with van der Waals surface area (Å²) >= 11 is 3.40. The molecular weight excluding hydrogens is 282 g/mol. The van der Waals surface area contributed by atoms with Crippen molar-refractivity contribution in [3.05, 3.63) is 29.3 Å². The number of alkyl halides is 1. The summed E-state index contributed by atoms with van der Waals surface area (Å²) in [7, 11) is 0. The third kappa shape index (κ3) is 3.73. The van der Waals surface area contributed by atoms with Gasteiger partial charge in [0.15, 0.2) is 0 Å². The lowest BCUT2D eigenvalue weighted by atomic mass is 10.1. The fourth-order valence-corrected chi connectivity index (χ4v) is 1.92. The molecule has 4 heteroatoms. The van der Waals surface area contributed by atoms with Crippen LogP contribution in [0.4, 0.5) is 0 Å². The molecule has 0 fully saturated rings. The molecule has 0 aliphatic rings. The van der Waals surface area contributed by atoms with Gasteiger partial charge >= 0.3 is 0 Å². The van der Waals surface area contributed by atoms with Crippen LogP contribution in [0.3, 0.4) is 0 Å². The Morgan fingerprint density at radius 2 is 2.12 bits per heavy atom. The molecule has 17 heavy (non-hydrogen) atoms. The van der Waals surface area contributed by atoms with Gasteiger partial charge in [0, 0.05) is 16.9 Å². The molecule has 0 saturated heterocycles. The van der Waals surface area contributed by atoms with E-state index >= 15 is 0 Å². The molecule has 2 atom stereocenters. The second-order valence-corrected chi connectivity index (χ2v) is 5.04. The van der Waals surface area contributed by atoms with Gasteiger partial charge in [-0.05, 0) is 43.5 Å². The second kappa shape index (κ2) is 6.05. The number of hydrogen-bond acceptors (Lipinski definition) is 2. The van der Waals surface area contributed by atoms with Crippen molar-refractivity contribution < 1.29 is 9.90 Å². The van der Waals surface area contributed by atoms with Crippen molar-refractivity contribution in [2.45, 2.75) is 26.8 Å². The van der Waals surface area contributed by atoms with Crippen LogP contribution in [0.5, 0.6) is 5.75 Å². The van der Waals surface area contributed by atoms with Crippen LogP contribution in [-0.2, 0) is 0 Å². The Kier molecular flexibility index (Phi) is 5.00. The third-order valence-corrected chi connectivity index (χ3v) is 3.94. The van der Waals surface area contributed by atoms with Crippen LogP contribution in [0.25, 0.3) is 0 Å². The lowest BCUT2D eigenvalue weighted by Crippen LogP contribution is -2.37. The summed E-state index contributed by atoms with van der Waals surface area (Å²) in [5, 5.41) is 13.2. The second-order valence-electron chi connectivity index (χ2n) is 4.39. The van der Waals surface area contributed by atoms with Gasteiger partial charge in [-0.2, -0.15) is 0 Å². The number of carbonyl (C=O) groups excluding carboxylic acids is 1. The fourth-order valence-electron chi connectivity index (χ4n) is 1.36. The van der Waals surface area contributed by atoms with Gasteiger partial charge < -0.3 is 10.4 Å². The Balaban J connectivity index is 2.73. The molecule has 0 heterocycles. The summed E-state index contributed by atoms with van der Waals surface area (Å²) in [4.78, 5) is 11.9. The van der Waals surface area contributed by atoms with Crippen LogP contribution in [0, 0.1) is 12.8 Å². The minimum Gasteiger partial charge on any atom is -0.508 e. The molecule has 0 aromatic heterocycles. The zero-order valence-electron chi connectivity index (χ0n) is 10.3. The minimum atomic E-state index is -0.103. The maximum absolute atomic E-state index is 11.9. The van der Waals surface area contributed by atoms with Crippen LogP contribution >= 0.6 is 15.9 Å². The molecule has 1 aromatic rings. The molecule has 0 spiro atoms. The van der Waals surface area contributed by atoms with Crippen molar-refractivity contribution >= 4 is 21.8 Å². The van der Waals surface area contributed by atoms with Gasteiger partial charge in [0.2, 0.25) is 0 Å². The average Bonchev–Trinajstić information content (AvgIpc) is 2.31. The largest absolute Gasteiger partial charge is 0.508 e. The molecule has 0 aliphatic carbocycles. The third-order valence-electron chi connectivity index (χ3n) is 2.91. The van der Waals surface area contributed by atoms with Gasteiger partial charge in [-0.25, -0.2) is 0 Å². The van der Waals surface area contributed by atoms with E-state index < -0.39 is 0 Å². The van der Waals surface area contributed by atoms with E-state index in [1.165, 1.54) is 0 Å². The van der Waals surface area contributed by atoms with Crippen LogP contribution in [0.1, 0.15) is 29.8 Å². The molecule has 0 saturated carbocycles. The maximum Gasteiger partial charge on any atom is 0.251 e. The number of phenols is 1. The van der Waals surface area contributed by atoms with E-state index in [0.717, 1.165) is 5.33 Å². The summed E-state index contributed by atoms with van der Waals surface area (Å²) in [6, 6.07) is 4.97. The van der Waals surface area contributed by atoms with Crippen LogP contribution < -0.4 is 5.32 Å². The fraction of sp³-hybridized carbons (Fsp3) is 0.462. The van der Waals surface area contributed by atoms with Gasteiger partial charge in [-0.1, -0.05) is 22.9 Å². The summed E-state index contributed by atoms with van der Waals surface area (Å²) in [6.45, 7) is 5.83. The Morgan fingerprint density at radius 1 is 1.47 bits per heavy atom. The number of halogens is 1. The monoisotopic (exact) mass is 299 g/mol. The number of hydrogen-bond donors (Lipinski definition) is 2. The Hall–Kier alpha value is -1.03. The highest BCUT2D eigenvalue weighted by Crippen LogP contribution is 2.17. The van der Waals surface area contributed by atoms with Crippen molar-refractivity contribution in [3.8, 4) is 5.75 Å². The van der Waals surface area contributed by atoms with Crippen LogP contribution in [-0.4, -0.2) is 22.4 Å². The van der Waals surface area contributed by atoms with Gasteiger partial charge in [0.1, 0.15) is 5.75 Å². The zero-order chi connectivity index (χ0) is 13.0. The predicted octanol–water partition coefficient (Wildman–Crippen LogP) is 2.85. The first kappa shape index (κ1) is 14.0. The van der Waals surface area contributed by atoms with E-state index in [-0.39, 0.29) is 17.7 Å². The molecule has 3 nitrogen and oxygen atoms in total. The molecule has 0 radical (unpaired) electrons. The first-order valence-electron chi connectivity index (χ1n) is 5.62. The number of benzene rings is 1. The standard InChI is InChI=1S/C13H18BrNO2/c1-8-6-11(4-5-12(8)16)13(17)15-10(3)9(2)7-14/h4-6,9-10,16H,7H2,1-3H3,(H,15,17). The van der Waals surface area contributed by atoms with Gasteiger partial charge in [-0.15, -0.1) is 0 Å².